The summed E-state index contributed by atoms with van der Waals surface area (Å²) >= 11 is 0. The first-order chi connectivity index (χ1) is 16.5. The van der Waals surface area contributed by atoms with E-state index < -0.39 is 5.97 Å². The predicted octanol–water partition coefficient (Wildman–Crippen LogP) is 4.18. The van der Waals surface area contributed by atoms with E-state index in [0.717, 1.165) is 36.6 Å². The maximum atomic E-state index is 12.4. The number of nitrogens with one attached hydrogen (secondary N) is 1. The smallest absolute Gasteiger partial charge is 0.336 e. The third-order valence-electron chi connectivity index (χ3n) is 5.77. The van der Waals surface area contributed by atoms with E-state index in [1.807, 2.05) is 78.7 Å². The molecule has 0 unspecified atom stereocenters. The molecule has 4 rings (SSSR count). The monoisotopic (exact) mass is 459 g/mol. The van der Waals surface area contributed by atoms with Gasteiger partial charge < -0.3 is 15.2 Å². The standard InChI is InChI=1S/C27H29N3O4/c1-29(15-20-16-30(17-20)18-21-7-5-6-10-25(21)27(32)33)19-26(31)28-22-11-13-24(14-12-22)34-23-8-3-2-4-9-23/h2-14,20H,15-19H2,1H3,(H,28,31)(H,32,33). The normalized spacial score (nSPS) is 13.9. The minimum Gasteiger partial charge on any atom is -0.478 e. The van der Waals surface area contributed by atoms with Crippen molar-refractivity contribution in [1.82, 2.24) is 9.80 Å². The lowest BCUT2D eigenvalue weighted by molar-refractivity contribution is -0.117. The fraction of sp³-hybridized carbons (Fsp3) is 0.259. The summed E-state index contributed by atoms with van der Waals surface area (Å²) in [7, 11) is 1.94. The van der Waals surface area contributed by atoms with E-state index >= 15 is 0 Å². The Morgan fingerprint density at radius 3 is 2.32 bits per heavy atom. The number of hydrogen-bond donors (Lipinski definition) is 2. The van der Waals surface area contributed by atoms with Gasteiger partial charge in [-0.1, -0.05) is 36.4 Å². The van der Waals surface area contributed by atoms with Crippen LogP contribution in [0.15, 0.2) is 78.9 Å². The first kappa shape index (κ1) is 23.5. The Bertz CT molecular complexity index is 1110. The number of likely N-dealkylation sites (tertiary alicyclic amines) is 1. The van der Waals surface area contributed by atoms with Gasteiger partial charge in [0.1, 0.15) is 11.5 Å². The number of amides is 1. The van der Waals surface area contributed by atoms with Gasteiger partial charge in [0.05, 0.1) is 12.1 Å². The molecule has 0 aliphatic carbocycles. The summed E-state index contributed by atoms with van der Waals surface area (Å²) in [6, 6.07) is 24.0. The van der Waals surface area contributed by atoms with Crippen molar-refractivity contribution in [2.24, 2.45) is 5.92 Å². The molecule has 0 saturated carbocycles. The zero-order chi connectivity index (χ0) is 23.9. The van der Waals surface area contributed by atoms with Gasteiger partial charge in [0.2, 0.25) is 5.91 Å². The third-order valence-corrected chi connectivity index (χ3v) is 5.77. The summed E-state index contributed by atoms with van der Waals surface area (Å²) < 4.78 is 5.78. The summed E-state index contributed by atoms with van der Waals surface area (Å²) in [5.74, 6) is 0.982. The molecule has 7 heteroatoms. The fourth-order valence-electron chi connectivity index (χ4n) is 4.21. The number of nitrogens with zero attached hydrogens (tertiary/aromatic N) is 2. The van der Waals surface area contributed by atoms with Crippen molar-refractivity contribution >= 4 is 17.6 Å². The number of ether oxygens (including phenoxy) is 1. The summed E-state index contributed by atoms with van der Waals surface area (Å²) in [6.07, 6.45) is 0. The maximum Gasteiger partial charge on any atom is 0.336 e. The van der Waals surface area contributed by atoms with Crippen LogP contribution in [0.5, 0.6) is 11.5 Å². The summed E-state index contributed by atoms with van der Waals surface area (Å²) in [5.41, 5.74) is 1.92. The highest BCUT2D eigenvalue weighted by atomic mass is 16.5. The molecule has 7 nitrogen and oxygen atoms in total. The van der Waals surface area contributed by atoms with Gasteiger partial charge in [0, 0.05) is 31.9 Å². The van der Waals surface area contributed by atoms with Gasteiger partial charge in [-0.15, -0.1) is 0 Å². The number of carbonyl (C=O) groups excluding carboxylic acids is 1. The van der Waals surface area contributed by atoms with Crippen molar-refractivity contribution in [1.29, 1.82) is 0 Å². The average Bonchev–Trinajstić information content (AvgIpc) is 2.79. The van der Waals surface area contributed by atoms with Crippen molar-refractivity contribution in [2.45, 2.75) is 6.54 Å². The minimum absolute atomic E-state index is 0.0641. The van der Waals surface area contributed by atoms with E-state index in [4.69, 9.17) is 4.74 Å². The Hall–Kier alpha value is -3.68. The second-order valence-corrected chi connectivity index (χ2v) is 8.71. The van der Waals surface area contributed by atoms with Crippen molar-refractivity contribution in [3.8, 4) is 11.5 Å². The number of benzene rings is 3. The molecule has 1 amide bonds. The molecule has 1 saturated heterocycles. The highest BCUT2D eigenvalue weighted by Crippen LogP contribution is 2.23. The van der Waals surface area contributed by atoms with Crippen molar-refractivity contribution in [3.05, 3.63) is 90.0 Å². The van der Waals surface area contributed by atoms with Crippen LogP contribution in [0.4, 0.5) is 5.69 Å². The Labute approximate surface area is 199 Å². The molecule has 1 aliphatic rings. The third kappa shape index (κ3) is 6.43. The average molecular weight is 460 g/mol. The van der Waals surface area contributed by atoms with Crippen molar-refractivity contribution in [3.63, 3.8) is 0 Å². The predicted molar refractivity (Wildman–Crippen MR) is 131 cm³/mol. The van der Waals surface area contributed by atoms with Gasteiger partial charge in [-0.3, -0.25) is 14.6 Å². The highest BCUT2D eigenvalue weighted by Gasteiger charge is 2.28. The molecule has 3 aromatic carbocycles. The number of carbonyl (C=O) groups is 2. The second-order valence-electron chi connectivity index (χ2n) is 8.71. The van der Waals surface area contributed by atoms with E-state index in [-0.39, 0.29) is 5.91 Å². The van der Waals surface area contributed by atoms with Gasteiger partial charge in [-0.05, 0) is 61.0 Å². The summed E-state index contributed by atoms with van der Waals surface area (Å²) in [6.45, 7) is 3.54. The molecule has 0 atom stereocenters. The van der Waals surface area contributed by atoms with Crippen LogP contribution in [0, 0.1) is 5.92 Å². The maximum absolute atomic E-state index is 12.4. The lowest BCUT2D eigenvalue weighted by Crippen LogP contribution is -2.51. The van der Waals surface area contributed by atoms with Crippen molar-refractivity contribution < 1.29 is 19.4 Å². The largest absolute Gasteiger partial charge is 0.478 e. The van der Waals surface area contributed by atoms with E-state index in [1.54, 1.807) is 12.1 Å². The van der Waals surface area contributed by atoms with Crippen LogP contribution in [0.2, 0.25) is 0 Å². The molecular weight excluding hydrogens is 430 g/mol. The number of hydrogen-bond acceptors (Lipinski definition) is 5. The number of aromatic carboxylic acids is 1. The van der Waals surface area contributed by atoms with Gasteiger partial charge in [0.25, 0.3) is 0 Å². The number of likely N-dealkylation sites (N-methyl/N-ethyl adjacent to an activating group) is 1. The van der Waals surface area contributed by atoms with Crippen molar-refractivity contribution in [2.75, 3.05) is 38.5 Å². The molecule has 176 valence electrons. The van der Waals surface area contributed by atoms with E-state index in [1.165, 1.54) is 0 Å². The quantitative estimate of drug-likeness (QED) is 0.473. The van der Waals surface area contributed by atoms with Crippen LogP contribution in [0.25, 0.3) is 0 Å². The molecule has 3 aromatic rings. The fourth-order valence-corrected chi connectivity index (χ4v) is 4.21. The van der Waals surface area contributed by atoms with E-state index in [0.29, 0.717) is 30.3 Å². The summed E-state index contributed by atoms with van der Waals surface area (Å²) in [4.78, 5) is 28.1. The molecule has 1 fully saturated rings. The molecule has 0 radical (unpaired) electrons. The number of anilines is 1. The number of carboxylic acids is 1. The van der Waals surface area contributed by atoms with Gasteiger partial charge in [-0.2, -0.15) is 0 Å². The summed E-state index contributed by atoms with van der Waals surface area (Å²) in [5, 5.41) is 12.3. The van der Waals surface area contributed by atoms with E-state index in [2.05, 4.69) is 10.2 Å². The van der Waals surface area contributed by atoms with Gasteiger partial charge in [0.15, 0.2) is 0 Å². The van der Waals surface area contributed by atoms with Crippen LogP contribution in [0.1, 0.15) is 15.9 Å². The zero-order valence-corrected chi connectivity index (χ0v) is 19.2. The van der Waals surface area contributed by atoms with Gasteiger partial charge >= 0.3 is 5.97 Å². The number of para-hydroxylation sites is 1. The zero-order valence-electron chi connectivity index (χ0n) is 19.2. The highest BCUT2D eigenvalue weighted by molar-refractivity contribution is 5.92. The molecule has 34 heavy (non-hydrogen) atoms. The van der Waals surface area contributed by atoms with Crippen LogP contribution >= 0.6 is 0 Å². The SMILES string of the molecule is CN(CC(=O)Nc1ccc(Oc2ccccc2)cc1)CC1CN(Cc2ccccc2C(=O)O)C1. The van der Waals surface area contributed by atoms with Crippen LogP contribution in [0.3, 0.4) is 0 Å². The van der Waals surface area contributed by atoms with Crippen LogP contribution < -0.4 is 10.1 Å². The minimum atomic E-state index is -0.892. The molecule has 0 aromatic heterocycles. The number of carboxylic acid groups (broad SMARTS) is 1. The van der Waals surface area contributed by atoms with Gasteiger partial charge in [-0.25, -0.2) is 4.79 Å². The number of rotatable bonds is 10. The second kappa shape index (κ2) is 11.0. The molecule has 1 heterocycles. The first-order valence-corrected chi connectivity index (χ1v) is 11.3. The van der Waals surface area contributed by atoms with Crippen LogP contribution in [-0.4, -0.2) is 60.0 Å². The Morgan fingerprint density at radius 2 is 1.62 bits per heavy atom. The first-order valence-electron chi connectivity index (χ1n) is 11.3. The Balaban J connectivity index is 1.17. The molecule has 0 spiro atoms. The van der Waals surface area contributed by atoms with Crippen LogP contribution in [-0.2, 0) is 11.3 Å². The lowest BCUT2D eigenvalue weighted by Gasteiger charge is -2.41. The topological polar surface area (TPSA) is 82.1 Å². The molecular formula is C27H29N3O4. The van der Waals surface area contributed by atoms with E-state index in [9.17, 15) is 14.7 Å². The molecule has 1 aliphatic heterocycles. The Kier molecular flexibility index (Phi) is 7.57. The molecule has 0 bridgehead atoms. The molecule has 2 N–H and O–H groups in total. The Morgan fingerprint density at radius 1 is 0.971 bits per heavy atom. The lowest BCUT2D eigenvalue weighted by atomic mass is 9.97.